The van der Waals surface area contributed by atoms with Gasteiger partial charge in [-0.2, -0.15) is 0 Å². The van der Waals surface area contributed by atoms with Crippen LogP contribution in [-0.2, 0) is 4.74 Å². The van der Waals surface area contributed by atoms with Crippen molar-refractivity contribution in [2.24, 2.45) is 5.92 Å². The number of ether oxygens (including phenoxy) is 1. The summed E-state index contributed by atoms with van der Waals surface area (Å²) in [5, 5.41) is 6.82. The Hall–Kier alpha value is -1.73. The predicted octanol–water partition coefficient (Wildman–Crippen LogP) is 2.74. The summed E-state index contributed by atoms with van der Waals surface area (Å²) in [6, 6.07) is 0. The Kier molecular flexibility index (Phi) is 3.69. The number of carbonyl (C=O) groups excluding carboxylic acids is 1. The molecule has 0 N–H and O–H groups in total. The Labute approximate surface area is 138 Å². The van der Waals surface area contributed by atoms with Crippen molar-refractivity contribution in [1.82, 2.24) is 15.0 Å². The van der Waals surface area contributed by atoms with Crippen LogP contribution in [0.2, 0.25) is 0 Å². The van der Waals surface area contributed by atoms with Gasteiger partial charge in [0.15, 0.2) is 0 Å². The maximum absolute atomic E-state index is 12.6. The van der Waals surface area contributed by atoms with Gasteiger partial charge in [0.25, 0.3) is 5.91 Å². The highest BCUT2D eigenvalue weighted by Crippen LogP contribution is 2.42. The lowest BCUT2D eigenvalue weighted by atomic mass is 9.91. The lowest BCUT2D eigenvalue weighted by molar-refractivity contribution is -0.00455. The molecule has 0 aromatic carbocycles. The van der Waals surface area contributed by atoms with Crippen molar-refractivity contribution in [3.05, 3.63) is 33.6 Å². The van der Waals surface area contributed by atoms with E-state index in [0.29, 0.717) is 23.8 Å². The smallest absolute Gasteiger partial charge is 0.259 e. The number of thiazole rings is 1. The van der Waals surface area contributed by atoms with Crippen LogP contribution in [0.25, 0.3) is 0 Å². The van der Waals surface area contributed by atoms with Crippen LogP contribution >= 0.6 is 11.3 Å². The fourth-order valence-electron chi connectivity index (χ4n) is 3.47. The molecule has 2 aliphatic rings. The third-order valence-electron chi connectivity index (χ3n) is 4.73. The summed E-state index contributed by atoms with van der Waals surface area (Å²) in [7, 11) is 0. The minimum atomic E-state index is -0.0145. The molecule has 2 aromatic heterocycles. The monoisotopic (exact) mass is 333 g/mol. The van der Waals surface area contributed by atoms with Crippen LogP contribution in [0, 0.1) is 19.8 Å². The van der Waals surface area contributed by atoms with Crippen LogP contribution in [0.4, 0.5) is 0 Å². The summed E-state index contributed by atoms with van der Waals surface area (Å²) in [5.41, 5.74) is 1.59. The van der Waals surface area contributed by atoms with Crippen LogP contribution in [0.5, 0.6) is 0 Å². The normalized spacial score (nSPS) is 27.2. The lowest BCUT2D eigenvalue weighted by Crippen LogP contribution is -2.45. The number of aromatic nitrogens is 2. The largest absolute Gasteiger partial charge is 0.366 e. The average Bonchev–Trinajstić information content (AvgIpc) is 3.24. The molecule has 122 valence electrons. The van der Waals surface area contributed by atoms with Crippen molar-refractivity contribution in [1.29, 1.82) is 0 Å². The van der Waals surface area contributed by atoms with Gasteiger partial charge in [-0.05, 0) is 32.6 Å². The minimum absolute atomic E-state index is 0.0145. The summed E-state index contributed by atoms with van der Waals surface area (Å²) in [6.07, 6.45) is 3.66. The number of amides is 1. The fraction of sp³-hybridized carbons (Fsp3) is 0.562. The molecule has 0 unspecified atom stereocenters. The van der Waals surface area contributed by atoms with Crippen LogP contribution < -0.4 is 0 Å². The molecule has 4 heterocycles. The van der Waals surface area contributed by atoms with Gasteiger partial charge < -0.3 is 14.2 Å². The number of rotatable bonds is 2. The second-order valence-corrected chi connectivity index (χ2v) is 7.21. The molecule has 7 heteroatoms. The van der Waals surface area contributed by atoms with Crippen molar-refractivity contribution in [2.75, 3.05) is 13.1 Å². The van der Waals surface area contributed by atoms with E-state index in [2.05, 4.69) is 15.5 Å². The van der Waals surface area contributed by atoms with E-state index in [1.165, 1.54) is 6.20 Å². The number of aryl methyl sites for hydroxylation is 2. The van der Waals surface area contributed by atoms with Crippen molar-refractivity contribution in [3.8, 4) is 0 Å². The molecular formula is C16H19N3O3S. The summed E-state index contributed by atoms with van der Waals surface area (Å²) in [6.45, 7) is 5.16. The van der Waals surface area contributed by atoms with Gasteiger partial charge in [0.2, 0.25) is 0 Å². The molecule has 6 nitrogen and oxygen atoms in total. The molecule has 2 saturated heterocycles. The second kappa shape index (κ2) is 5.72. The van der Waals surface area contributed by atoms with E-state index < -0.39 is 0 Å². The first-order valence-corrected chi connectivity index (χ1v) is 8.78. The van der Waals surface area contributed by atoms with Gasteiger partial charge in [0.1, 0.15) is 22.4 Å². The van der Waals surface area contributed by atoms with E-state index in [0.717, 1.165) is 30.1 Å². The van der Waals surface area contributed by atoms with Gasteiger partial charge in [-0.3, -0.25) is 4.79 Å². The first kappa shape index (κ1) is 14.8. The number of hydrogen-bond acceptors (Lipinski definition) is 6. The molecule has 4 rings (SSSR count). The van der Waals surface area contributed by atoms with Gasteiger partial charge in [0.05, 0.1) is 12.3 Å². The van der Waals surface area contributed by atoms with Crippen LogP contribution in [0.15, 0.2) is 16.1 Å². The molecular weight excluding hydrogens is 314 g/mol. The number of likely N-dealkylation sites (tertiary alicyclic amines) is 1. The zero-order valence-electron chi connectivity index (χ0n) is 13.2. The SMILES string of the molecule is Cc1csc([C@H]2C[C@@H]3CCN(C(=O)c4cnoc4C)C[C@H]3O2)n1. The Bertz CT molecular complexity index is 726. The van der Waals surface area contributed by atoms with Gasteiger partial charge in [-0.15, -0.1) is 11.3 Å². The third kappa shape index (κ3) is 2.68. The predicted molar refractivity (Wildman–Crippen MR) is 84.3 cm³/mol. The number of fused-ring (bicyclic) bond motifs is 1. The zero-order valence-corrected chi connectivity index (χ0v) is 14.0. The van der Waals surface area contributed by atoms with Crippen molar-refractivity contribution in [2.45, 2.75) is 38.9 Å². The van der Waals surface area contributed by atoms with Crippen LogP contribution in [0.3, 0.4) is 0 Å². The molecule has 2 aliphatic heterocycles. The van der Waals surface area contributed by atoms with Crippen molar-refractivity contribution < 1.29 is 14.1 Å². The van der Waals surface area contributed by atoms with E-state index in [4.69, 9.17) is 9.26 Å². The van der Waals surface area contributed by atoms with Crippen LogP contribution in [0.1, 0.15) is 45.8 Å². The Morgan fingerprint density at radius 1 is 1.43 bits per heavy atom. The number of nitrogens with zero attached hydrogens (tertiary/aromatic N) is 3. The standard InChI is InChI=1S/C16H19N3O3S/c1-9-8-23-15(18-9)13-5-11-3-4-19(7-14(11)21-13)16(20)12-6-17-22-10(12)2/h6,8,11,13-14H,3-5,7H2,1-2H3/t11-,13+,14+/m0/s1. The fourth-order valence-corrected chi connectivity index (χ4v) is 4.31. The third-order valence-corrected chi connectivity index (χ3v) is 5.79. The molecule has 0 bridgehead atoms. The highest BCUT2D eigenvalue weighted by molar-refractivity contribution is 7.09. The average molecular weight is 333 g/mol. The number of piperidine rings is 1. The summed E-state index contributed by atoms with van der Waals surface area (Å²) >= 11 is 1.66. The highest BCUT2D eigenvalue weighted by atomic mass is 32.1. The first-order valence-electron chi connectivity index (χ1n) is 7.90. The molecule has 0 saturated carbocycles. The number of carbonyl (C=O) groups is 1. The summed E-state index contributed by atoms with van der Waals surface area (Å²) in [5.74, 6) is 1.07. The summed E-state index contributed by atoms with van der Waals surface area (Å²) in [4.78, 5) is 19.0. The Morgan fingerprint density at radius 2 is 2.30 bits per heavy atom. The lowest BCUT2D eigenvalue weighted by Gasteiger charge is -2.33. The Balaban J connectivity index is 1.45. The van der Waals surface area contributed by atoms with E-state index in [1.54, 1.807) is 18.3 Å². The van der Waals surface area contributed by atoms with Crippen molar-refractivity contribution in [3.63, 3.8) is 0 Å². The van der Waals surface area contributed by atoms with E-state index in [1.807, 2.05) is 11.8 Å². The quantitative estimate of drug-likeness (QED) is 0.845. The topological polar surface area (TPSA) is 68.5 Å². The van der Waals surface area contributed by atoms with E-state index in [-0.39, 0.29) is 18.1 Å². The molecule has 1 amide bonds. The van der Waals surface area contributed by atoms with Gasteiger partial charge >= 0.3 is 0 Å². The molecule has 2 fully saturated rings. The maximum Gasteiger partial charge on any atom is 0.259 e. The highest BCUT2D eigenvalue weighted by Gasteiger charge is 2.42. The molecule has 3 atom stereocenters. The zero-order chi connectivity index (χ0) is 16.0. The second-order valence-electron chi connectivity index (χ2n) is 6.32. The Morgan fingerprint density at radius 3 is 3.00 bits per heavy atom. The molecule has 0 radical (unpaired) electrons. The van der Waals surface area contributed by atoms with Gasteiger partial charge in [-0.1, -0.05) is 5.16 Å². The first-order chi connectivity index (χ1) is 11.1. The molecule has 2 aromatic rings. The molecule has 23 heavy (non-hydrogen) atoms. The minimum Gasteiger partial charge on any atom is -0.366 e. The summed E-state index contributed by atoms with van der Waals surface area (Å²) < 4.78 is 11.2. The van der Waals surface area contributed by atoms with Gasteiger partial charge in [-0.25, -0.2) is 4.98 Å². The number of hydrogen-bond donors (Lipinski definition) is 0. The van der Waals surface area contributed by atoms with E-state index in [9.17, 15) is 4.79 Å². The van der Waals surface area contributed by atoms with E-state index >= 15 is 0 Å². The molecule has 0 aliphatic carbocycles. The molecule has 0 spiro atoms. The van der Waals surface area contributed by atoms with Gasteiger partial charge in [0, 0.05) is 24.2 Å². The van der Waals surface area contributed by atoms with Crippen molar-refractivity contribution >= 4 is 17.2 Å². The maximum atomic E-state index is 12.6. The van der Waals surface area contributed by atoms with Crippen LogP contribution in [-0.4, -0.2) is 40.1 Å².